The Balaban J connectivity index is 1.78. The molecule has 0 bridgehead atoms. The van der Waals surface area contributed by atoms with Gasteiger partial charge in [0.2, 0.25) is 0 Å². The van der Waals surface area contributed by atoms with Crippen molar-refractivity contribution in [1.29, 1.82) is 0 Å². The highest BCUT2D eigenvalue weighted by molar-refractivity contribution is 5.69. The maximum atomic E-state index is 11.5. The van der Waals surface area contributed by atoms with Crippen LogP contribution in [0.15, 0.2) is 30.4 Å². The zero-order valence-corrected chi connectivity index (χ0v) is 15.2. The van der Waals surface area contributed by atoms with Gasteiger partial charge in [-0.1, -0.05) is 18.2 Å². The first-order valence-electron chi connectivity index (χ1n) is 9.32. The number of anilines is 1. The highest BCUT2D eigenvalue weighted by Crippen LogP contribution is 2.62. The fourth-order valence-corrected chi connectivity index (χ4v) is 6.47. The van der Waals surface area contributed by atoms with Crippen LogP contribution in [0.3, 0.4) is 0 Å². The number of hydrogen-bond acceptors (Lipinski definition) is 6. The smallest absolute Gasteiger partial charge is 0.135 e. The summed E-state index contributed by atoms with van der Waals surface area (Å²) in [5.74, 6) is 0.578. The van der Waals surface area contributed by atoms with Crippen LogP contribution in [0.5, 0.6) is 5.75 Å². The van der Waals surface area contributed by atoms with Crippen molar-refractivity contribution in [3.63, 3.8) is 0 Å². The molecule has 2 fully saturated rings. The summed E-state index contributed by atoms with van der Waals surface area (Å²) in [4.78, 5) is 4.47. The van der Waals surface area contributed by atoms with Gasteiger partial charge < -0.3 is 25.0 Å². The summed E-state index contributed by atoms with van der Waals surface area (Å²) in [6, 6.07) is 5.83. The Labute approximate surface area is 153 Å². The number of ether oxygens (including phenoxy) is 1. The minimum Gasteiger partial charge on any atom is -0.497 e. The van der Waals surface area contributed by atoms with Crippen molar-refractivity contribution in [1.82, 2.24) is 4.90 Å². The predicted molar refractivity (Wildman–Crippen MR) is 97.5 cm³/mol. The van der Waals surface area contributed by atoms with Crippen LogP contribution < -0.4 is 9.64 Å². The third kappa shape index (κ3) is 1.67. The topological polar surface area (TPSA) is 76.4 Å². The van der Waals surface area contributed by atoms with Gasteiger partial charge in [0.25, 0.3) is 0 Å². The van der Waals surface area contributed by atoms with E-state index in [2.05, 4.69) is 21.9 Å². The molecular weight excluding hydrogens is 332 g/mol. The molecule has 1 saturated heterocycles. The Kier molecular flexibility index (Phi) is 3.33. The van der Waals surface area contributed by atoms with Crippen LogP contribution in [0, 0.1) is 5.92 Å². The van der Waals surface area contributed by atoms with Crippen molar-refractivity contribution in [3.8, 4) is 5.75 Å². The molecule has 3 aliphatic heterocycles. The number of aliphatic hydroxyl groups is 3. The lowest BCUT2D eigenvalue weighted by Crippen LogP contribution is -2.76. The second-order valence-electron chi connectivity index (χ2n) is 8.23. The molecule has 1 aromatic carbocycles. The molecule has 3 N–H and O–H groups in total. The van der Waals surface area contributed by atoms with E-state index in [-0.39, 0.29) is 23.4 Å². The normalized spacial score (nSPS) is 43.2. The van der Waals surface area contributed by atoms with Crippen molar-refractivity contribution in [2.24, 2.45) is 5.92 Å². The van der Waals surface area contributed by atoms with E-state index >= 15 is 0 Å². The van der Waals surface area contributed by atoms with Crippen molar-refractivity contribution < 1.29 is 20.1 Å². The van der Waals surface area contributed by atoms with Crippen molar-refractivity contribution in [2.75, 3.05) is 38.8 Å². The quantitative estimate of drug-likeness (QED) is 0.652. The van der Waals surface area contributed by atoms with Gasteiger partial charge >= 0.3 is 0 Å². The molecule has 1 aliphatic carbocycles. The lowest BCUT2D eigenvalue weighted by Gasteiger charge is -2.58. The van der Waals surface area contributed by atoms with Gasteiger partial charge in [0, 0.05) is 42.7 Å². The molecule has 6 heteroatoms. The second-order valence-corrected chi connectivity index (χ2v) is 8.23. The minimum atomic E-state index is -1.58. The minimum absolute atomic E-state index is 0.122. The number of aliphatic hydroxyl groups excluding tert-OH is 2. The van der Waals surface area contributed by atoms with E-state index in [1.165, 1.54) is 5.56 Å². The molecule has 1 spiro atoms. The van der Waals surface area contributed by atoms with Gasteiger partial charge in [0.1, 0.15) is 11.4 Å². The SMILES string of the molecule is COc1ccc2c(c1)N(C)[C@H]1C(O)(CO)[C@H](O)C3C=CCN4CC[C@]21[C@H]34. The fraction of sp³-hybridized carbons (Fsp3) is 0.600. The number of hydrogen-bond donors (Lipinski definition) is 3. The largest absolute Gasteiger partial charge is 0.497 e. The van der Waals surface area contributed by atoms with E-state index < -0.39 is 18.3 Å². The van der Waals surface area contributed by atoms with E-state index in [0.717, 1.165) is 30.9 Å². The van der Waals surface area contributed by atoms with E-state index in [4.69, 9.17) is 4.74 Å². The van der Waals surface area contributed by atoms with Gasteiger partial charge in [0.15, 0.2) is 0 Å². The Morgan fingerprint density at radius 1 is 1.35 bits per heavy atom. The van der Waals surface area contributed by atoms with Crippen LogP contribution in [0.25, 0.3) is 0 Å². The van der Waals surface area contributed by atoms with Gasteiger partial charge in [-0.05, 0) is 24.6 Å². The summed E-state index contributed by atoms with van der Waals surface area (Å²) in [5.41, 5.74) is 0.311. The summed E-state index contributed by atoms with van der Waals surface area (Å²) in [6.45, 7) is 1.33. The molecule has 140 valence electrons. The lowest BCUT2D eigenvalue weighted by atomic mass is 9.54. The molecule has 0 radical (unpaired) electrons. The van der Waals surface area contributed by atoms with Gasteiger partial charge in [-0.15, -0.1) is 0 Å². The molecule has 0 amide bonds. The Morgan fingerprint density at radius 2 is 2.15 bits per heavy atom. The standard InChI is InChI=1S/C20H26N2O4/c1-21-15-10-12(26-2)5-6-14(15)19-7-9-22-8-3-4-13(16(19)22)17(24)20(25,11-23)18(19)21/h3-6,10,13,16-18,23-25H,7-9,11H2,1-2H3/t13?,16-,17+,18+,19+,20?/m0/s1. The fourth-order valence-electron chi connectivity index (χ4n) is 6.47. The van der Waals surface area contributed by atoms with Gasteiger partial charge in [-0.2, -0.15) is 0 Å². The first-order chi connectivity index (χ1) is 12.5. The first-order valence-corrected chi connectivity index (χ1v) is 9.32. The number of nitrogens with zero attached hydrogens (tertiary/aromatic N) is 2. The summed E-state index contributed by atoms with van der Waals surface area (Å²) >= 11 is 0. The molecule has 2 unspecified atom stereocenters. The molecule has 5 rings (SSSR count). The molecule has 3 heterocycles. The molecule has 4 aliphatic rings. The Bertz CT molecular complexity index is 783. The molecule has 26 heavy (non-hydrogen) atoms. The molecule has 6 nitrogen and oxygen atoms in total. The highest BCUT2D eigenvalue weighted by atomic mass is 16.5. The van der Waals surface area contributed by atoms with Gasteiger partial charge in [-0.25, -0.2) is 0 Å². The molecular formula is C20H26N2O4. The maximum Gasteiger partial charge on any atom is 0.135 e. The third-order valence-electron chi connectivity index (χ3n) is 7.36. The second kappa shape index (κ2) is 5.23. The molecule has 6 atom stereocenters. The van der Waals surface area contributed by atoms with E-state index in [9.17, 15) is 15.3 Å². The highest BCUT2D eigenvalue weighted by Gasteiger charge is 2.72. The van der Waals surface area contributed by atoms with Crippen molar-refractivity contribution >= 4 is 5.69 Å². The first kappa shape index (κ1) is 16.6. The van der Waals surface area contributed by atoms with E-state index in [0.29, 0.717) is 0 Å². The zero-order chi connectivity index (χ0) is 18.3. The summed E-state index contributed by atoms with van der Waals surface area (Å²) in [6.07, 6.45) is 4.01. The zero-order valence-electron chi connectivity index (χ0n) is 15.2. The number of fused-ring (bicyclic) bond motifs is 1. The van der Waals surface area contributed by atoms with Crippen LogP contribution >= 0.6 is 0 Å². The number of rotatable bonds is 2. The molecule has 1 saturated carbocycles. The van der Waals surface area contributed by atoms with Crippen LogP contribution in [-0.2, 0) is 5.41 Å². The lowest BCUT2D eigenvalue weighted by molar-refractivity contribution is -0.180. The van der Waals surface area contributed by atoms with Gasteiger partial charge in [-0.3, -0.25) is 4.90 Å². The maximum absolute atomic E-state index is 11.5. The van der Waals surface area contributed by atoms with E-state index in [1.54, 1.807) is 7.11 Å². The van der Waals surface area contributed by atoms with Crippen LogP contribution in [0.4, 0.5) is 5.69 Å². The number of methoxy groups -OCH3 is 1. The summed E-state index contributed by atoms with van der Waals surface area (Å²) in [5, 5.41) is 32.8. The van der Waals surface area contributed by atoms with Crippen LogP contribution in [-0.4, -0.2) is 77.9 Å². The van der Waals surface area contributed by atoms with Crippen LogP contribution in [0.1, 0.15) is 12.0 Å². The van der Waals surface area contributed by atoms with Crippen molar-refractivity contribution in [3.05, 3.63) is 35.9 Å². The average Bonchev–Trinajstić information content (AvgIpc) is 3.17. The Hall–Kier alpha value is -1.60. The van der Waals surface area contributed by atoms with E-state index in [1.807, 2.05) is 25.3 Å². The summed E-state index contributed by atoms with van der Waals surface area (Å²) < 4.78 is 5.41. The third-order valence-corrected chi connectivity index (χ3v) is 7.36. The Morgan fingerprint density at radius 3 is 2.88 bits per heavy atom. The monoisotopic (exact) mass is 358 g/mol. The number of benzene rings is 1. The van der Waals surface area contributed by atoms with Gasteiger partial charge in [0.05, 0.1) is 25.9 Å². The van der Waals surface area contributed by atoms with Crippen LogP contribution in [0.2, 0.25) is 0 Å². The molecule has 0 aromatic heterocycles. The average molecular weight is 358 g/mol. The molecule has 1 aromatic rings. The predicted octanol–water partition coefficient (Wildman–Crippen LogP) is 0.110. The van der Waals surface area contributed by atoms with Crippen molar-refractivity contribution in [2.45, 2.75) is 35.6 Å². The number of likely N-dealkylation sites (N-methyl/N-ethyl adjacent to an activating group) is 1. The summed E-state index contributed by atoms with van der Waals surface area (Å²) in [7, 11) is 3.60.